The number of aromatic nitrogens is 2. The average molecular weight is 349 g/mol. The lowest BCUT2D eigenvalue weighted by Gasteiger charge is -2.14. The maximum Gasteiger partial charge on any atom is 0.223 e. The van der Waals surface area contributed by atoms with E-state index in [0.717, 1.165) is 41.9 Å². The van der Waals surface area contributed by atoms with Gasteiger partial charge in [-0.05, 0) is 50.8 Å². The molecule has 1 saturated carbocycles. The minimum Gasteiger partial charge on any atom is -0.352 e. The van der Waals surface area contributed by atoms with Crippen molar-refractivity contribution in [1.82, 2.24) is 15.1 Å². The summed E-state index contributed by atoms with van der Waals surface area (Å²) in [6.07, 6.45) is 2.64. The lowest BCUT2D eigenvalue weighted by molar-refractivity contribution is -0.125. The van der Waals surface area contributed by atoms with Crippen LogP contribution in [-0.4, -0.2) is 21.7 Å². The minimum absolute atomic E-state index is 0. The van der Waals surface area contributed by atoms with Crippen LogP contribution >= 0.6 is 12.4 Å². The van der Waals surface area contributed by atoms with E-state index in [4.69, 9.17) is 5.73 Å². The van der Waals surface area contributed by atoms with Crippen LogP contribution in [0, 0.1) is 19.8 Å². The number of amides is 1. The number of nitrogens with zero attached hydrogens (tertiary/aromatic N) is 2. The van der Waals surface area contributed by atoms with Crippen molar-refractivity contribution in [2.45, 2.75) is 45.7 Å². The second kappa shape index (κ2) is 7.81. The number of nitrogens with two attached hydrogens (primary N) is 1. The van der Waals surface area contributed by atoms with Crippen molar-refractivity contribution < 1.29 is 4.79 Å². The molecule has 1 aliphatic rings. The van der Waals surface area contributed by atoms with E-state index >= 15 is 0 Å². The Balaban J connectivity index is 0.00000208. The van der Waals surface area contributed by atoms with Gasteiger partial charge in [-0.1, -0.05) is 18.2 Å². The number of halogens is 1. The van der Waals surface area contributed by atoms with Crippen molar-refractivity contribution in [2.75, 3.05) is 0 Å². The lowest BCUT2D eigenvalue weighted by atomic mass is 10.1. The van der Waals surface area contributed by atoms with Crippen LogP contribution in [0.15, 0.2) is 30.3 Å². The van der Waals surface area contributed by atoms with Gasteiger partial charge >= 0.3 is 0 Å². The van der Waals surface area contributed by atoms with Crippen molar-refractivity contribution in [3.63, 3.8) is 0 Å². The first-order chi connectivity index (χ1) is 11.0. The molecular weight excluding hydrogens is 324 g/mol. The highest BCUT2D eigenvalue weighted by atomic mass is 35.5. The Hall–Kier alpha value is -1.85. The van der Waals surface area contributed by atoms with Gasteiger partial charge in [-0.3, -0.25) is 4.79 Å². The number of hydrogen-bond donors (Lipinski definition) is 2. The van der Waals surface area contributed by atoms with E-state index in [0.29, 0.717) is 6.54 Å². The largest absolute Gasteiger partial charge is 0.352 e. The quantitative estimate of drug-likeness (QED) is 0.892. The Morgan fingerprint density at radius 1 is 1.33 bits per heavy atom. The van der Waals surface area contributed by atoms with Gasteiger partial charge in [0.05, 0.1) is 11.4 Å². The van der Waals surface area contributed by atoms with Gasteiger partial charge in [0, 0.05) is 24.2 Å². The molecule has 0 spiro atoms. The summed E-state index contributed by atoms with van der Waals surface area (Å²) < 4.78 is 1.93. The lowest BCUT2D eigenvalue weighted by Crippen LogP contribution is -2.30. The van der Waals surface area contributed by atoms with Crippen molar-refractivity contribution in [3.8, 4) is 5.69 Å². The minimum atomic E-state index is 0. The monoisotopic (exact) mass is 348 g/mol. The predicted octanol–water partition coefficient (Wildman–Crippen LogP) is 2.65. The Bertz CT molecular complexity index is 713. The number of para-hydroxylation sites is 1. The molecule has 0 bridgehead atoms. The van der Waals surface area contributed by atoms with Crippen LogP contribution in [0.1, 0.15) is 36.2 Å². The predicted molar refractivity (Wildman–Crippen MR) is 97.4 cm³/mol. The standard InChI is InChI=1S/C18H24N4O.ClH/c1-12-9-13(2)22(21-12)17-6-4-3-5-15(17)11-20-18(23)14-7-8-16(19)10-14;/h3-6,9,14,16H,7-8,10-11,19H2,1-2H3,(H,20,23);1H. The molecule has 1 amide bonds. The van der Waals surface area contributed by atoms with Gasteiger partial charge in [0.25, 0.3) is 0 Å². The first kappa shape index (κ1) is 18.5. The molecule has 1 aromatic heterocycles. The maximum atomic E-state index is 12.3. The fourth-order valence-electron chi connectivity index (χ4n) is 3.32. The molecule has 1 fully saturated rings. The third kappa shape index (κ3) is 3.97. The van der Waals surface area contributed by atoms with Gasteiger partial charge in [-0.2, -0.15) is 5.10 Å². The summed E-state index contributed by atoms with van der Waals surface area (Å²) in [6.45, 7) is 4.53. The van der Waals surface area contributed by atoms with Crippen LogP contribution in [-0.2, 0) is 11.3 Å². The zero-order valence-electron chi connectivity index (χ0n) is 14.2. The molecule has 6 heteroatoms. The highest BCUT2D eigenvalue weighted by Crippen LogP contribution is 2.24. The Kier molecular flexibility index (Phi) is 6.02. The normalized spacial score (nSPS) is 19.8. The van der Waals surface area contributed by atoms with Crippen LogP contribution < -0.4 is 11.1 Å². The third-order valence-electron chi connectivity index (χ3n) is 4.53. The van der Waals surface area contributed by atoms with Crippen LogP contribution in [0.4, 0.5) is 0 Å². The van der Waals surface area contributed by atoms with Crippen LogP contribution in [0.25, 0.3) is 5.69 Å². The molecule has 0 aliphatic heterocycles. The van der Waals surface area contributed by atoms with Gasteiger partial charge in [0.15, 0.2) is 0 Å². The van der Waals surface area contributed by atoms with Gasteiger partial charge in [0.2, 0.25) is 5.91 Å². The molecule has 0 radical (unpaired) electrons. The smallest absolute Gasteiger partial charge is 0.223 e. The van der Waals surface area contributed by atoms with Crippen molar-refractivity contribution in [1.29, 1.82) is 0 Å². The first-order valence-electron chi connectivity index (χ1n) is 8.19. The molecule has 130 valence electrons. The second-order valence-corrected chi connectivity index (χ2v) is 6.46. The summed E-state index contributed by atoms with van der Waals surface area (Å²) in [5, 5.41) is 7.61. The summed E-state index contributed by atoms with van der Waals surface area (Å²) in [5.74, 6) is 0.173. The van der Waals surface area contributed by atoms with E-state index in [2.05, 4.69) is 16.5 Å². The molecule has 1 heterocycles. The van der Waals surface area contributed by atoms with Crippen LogP contribution in [0.3, 0.4) is 0 Å². The topological polar surface area (TPSA) is 72.9 Å². The number of hydrogen-bond acceptors (Lipinski definition) is 3. The van der Waals surface area contributed by atoms with Crippen molar-refractivity contribution >= 4 is 18.3 Å². The zero-order valence-corrected chi connectivity index (χ0v) is 15.0. The van der Waals surface area contributed by atoms with E-state index in [9.17, 15) is 4.79 Å². The van der Waals surface area contributed by atoms with E-state index in [1.807, 2.05) is 42.8 Å². The molecule has 1 aliphatic carbocycles. The molecule has 2 atom stereocenters. The number of nitrogens with one attached hydrogen (secondary N) is 1. The fraction of sp³-hybridized carbons (Fsp3) is 0.444. The molecule has 2 unspecified atom stereocenters. The summed E-state index contributed by atoms with van der Waals surface area (Å²) in [5.41, 5.74) is 10.1. The van der Waals surface area contributed by atoms with Gasteiger partial charge in [-0.25, -0.2) is 4.68 Å². The Morgan fingerprint density at radius 3 is 2.71 bits per heavy atom. The summed E-state index contributed by atoms with van der Waals surface area (Å²) in [7, 11) is 0. The SMILES string of the molecule is Cc1cc(C)n(-c2ccccc2CNC(=O)C2CCC(N)C2)n1.Cl. The van der Waals surface area contributed by atoms with E-state index in [1.54, 1.807) is 0 Å². The number of carbonyl (C=O) groups excluding carboxylic acids is 1. The first-order valence-corrected chi connectivity index (χ1v) is 8.19. The molecule has 1 aromatic carbocycles. The maximum absolute atomic E-state index is 12.3. The summed E-state index contributed by atoms with van der Waals surface area (Å²) in [6, 6.07) is 10.3. The number of benzene rings is 1. The Morgan fingerprint density at radius 2 is 2.08 bits per heavy atom. The molecular formula is C18H25ClN4O. The summed E-state index contributed by atoms with van der Waals surface area (Å²) in [4.78, 5) is 12.3. The highest BCUT2D eigenvalue weighted by molar-refractivity contribution is 5.85. The van der Waals surface area contributed by atoms with E-state index in [-0.39, 0.29) is 30.3 Å². The van der Waals surface area contributed by atoms with Crippen molar-refractivity contribution in [3.05, 3.63) is 47.3 Å². The van der Waals surface area contributed by atoms with Gasteiger partial charge in [0.1, 0.15) is 0 Å². The molecule has 24 heavy (non-hydrogen) atoms. The van der Waals surface area contributed by atoms with Crippen molar-refractivity contribution in [2.24, 2.45) is 11.7 Å². The van der Waals surface area contributed by atoms with Crippen LogP contribution in [0.5, 0.6) is 0 Å². The number of carbonyl (C=O) groups is 1. The number of rotatable bonds is 4. The summed E-state index contributed by atoms with van der Waals surface area (Å²) >= 11 is 0. The van der Waals surface area contributed by atoms with Gasteiger partial charge in [-0.15, -0.1) is 12.4 Å². The average Bonchev–Trinajstić information content (AvgIpc) is 3.10. The fourth-order valence-corrected chi connectivity index (χ4v) is 3.32. The third-order valence-corrected chi connectivity index (χ3v) is 4.53. The van der Waals surface area contributed by atoms with E-state index in [1.165, 1.54) is 0 Å². The molecule has 5 nitrogen and oxygen atoms in total. The van der Waals surface area contributed by atoms with Crippen LogP contribution in [0.2, 0.25) is 0 Å². The molecule has 0 saturated heterocycles. The molecule has 2 aromatic rings. The zero-order chi connectivity index (χ0) is 16.4. The molecule has 3 N–H and O–H groups in total. The second-order valence-electron chi connectivity index (χ2n) is 6.46. The number of aryl methyl sites for hydroxylation is 2. The van der Waals surface area contributed by atoms with E-state index < -0.39 is 0 Å². The highest BCUT2D eigenvalue weighted by Gasteiger charge is 2.27. The Labute approximate surface area is 149 Å². The molecule has 3 rings (SSSR count). The van der Waals surface area contributed by atoms with Gasteiger partial charge < -0.3 is 11.1 Å².